The van der Waals surface area contributed by atoms with Crippen LogP contribution in [0.1, 0.15) is 69.8 Å². The van der Waals surface area contributed by atoms with Crippen LogP contribution in [-0.4, -0.2) is 18.9 Å². The van der Waals surface area contributed by atoms with Crippen LogP contribution in [0.25, 0.3) is 0 Å². The topological polar surface area (TPSA) is 55.4 Å². The van der Waals surface area contributed by atoms with Gasteiger partial charge in [-0.2, -0.15) is 0 Å². The van der Waals surface area contributed by atoms with Gasteiger partial charge in [0, 0.05) is 13.0 Å². The van der Waals surface area contributed by atoms with Crippen LogP contribution in [0.2, 0.25) is 0 Å². The lowest BCUT2D eigenvalue weighted by molar-refractivity contribution is -0.145. The normalized spacial score (nSPS) is 10.3. The molecule has 4 heteroatoms. The molecular weight excluding hydrogens is 302 g/mol. The highest BCUT2D eigenvalue weighted by Crippen LogP contribution is 2.11. The van der Waals surface area contributed by atoms with Crippen molar-refractivity contribution in [3.63, 3.8) is 0 Å². The van der Waals surface area contributed by atoms with Gasteiger partial charge in [0.1, 0.15) is 6.61 Å². The Labute approximate surface area is 146 Å². The predicted molar refractivity (Wildman–Crippen MR) is 96.5 cm³/mol. The third kappa shape index (κ3) is 11.7. The second-order valence-electron chi connectivity index (χ2n) is 6.15. The summed E-state index contributed by atoms with van der Waals surface area (Å²) in [4.78, 5) is 21.7. The van der Waals surface area contributed by atoms with E-state index in [1.807, 2.05) is 30.3 Å². The van der Waals surface area contributed by atoms with Crippen molar-refractivity contribution in [2.24, 2.45) is 0 Å². The zero-order chi connectivity index (χ0) is 17.3. The minimum atomic E-state index is -0.0946. The number of nitrogens with one attached hydrogen (secondary N) is 1. The number of ether oxygens (including phenoxy) is 1. The minimum Gasteiger partial charge on any atom is -0.461 e. The second-order valence-corrected chi connectivity index (χ2v) is 6.15. The van der Waals surface area contributed by atoms with E-state index in [1.165, 1.54) is 38.5 Å². The molecule has 0 atom stereocenters. The molecule has 0 radical (unpaired) electrons. The highest BCUT2D eigenvalue weighted by Gasteiger charge is 2.03. The maximum absolute atomic E-state index is 11.6. The molecule has 0 spiro atoms. The third-order valence-corrected chi connectivity index (χ3v) is 4.03. The molecule has 134 valence electrons. The molecule has 1 N–H and O–H groups in total. The van der Waals surface area contributed by atoms with Gasteiger partial charge in [0.15, 0.2) is 0 Å². The summed E-state index contributed by atoms with van der Waals surface area (Å²) in [6, 6.07) is 9.78. The van der Waals surface area contributed by atoms with Gasteiger partial charge < -0.3 is 10.1 Å². The molecule has 1 aromatic rings. The zero-order valence-corrected chi connectivity index (χ0v) is 14.7. The number of unbranched alkanes of at least 4 members (excludes halogenated alkanes) is 8. The van der Waals surface area contributed by atoms with Gasteiger partial charge in [0.2, 0.25) is 6.41 Å². The quantitative estimate of drug-likeness (QED) is 0.294. The molecule has 0 bridgehead atoms. The van der Waals surface area contributed by atoms with Crippen molar-refractivity contribution in [2.75, 3.05) is 6.54 Å². The Bertz CT molecular complexity index is 434. The highest BCUT2D eigenvalue weighted by molar-refractivity contribution is 5.69. The van der Waals surface area contributed by atoms with Crippen molar-refractivity contribution in [1.29, 1.82) is 0 Å². The average Bonchev–Trinajstić information content (AvgIpc) is 2.62. The molecule has 0 fully saturated rings. The van der Waals surface area contributed by atoms with Crippen molar-refractivity contribution in [2.45, 2.75) is 70.8 Å². The van der Waals surface area contributed by atoms with Gasteiger partial charge in [0.05, 0.1) is 0 Å². The first kappa shape index (κ1) is 20.2. The van der Waals surface area contributed by atoms with E-state index in [2.05, 4.69) is 5.32 Å². The van der Waals surface area contributed by atoms with Crippen LogP contribution in [0, 0.1) is 0 Å². The fourth-order valence-electron chi connectivity index (χ4n) is 2.60. The molecule has 0 heterocycles. The van der Waals surface area contributed by atoms with E-state index in [0.717, 1.165) is 37.8 Å². The number of hydrogen-bond acceptors (Lipinski definition) is 3. The average molecular weight is 333 g/mol. The molecule has 0 aliphatic carbocycles. The Morgan fingerprint density at radius 2 is 1.46 bits per heavy atom. The largest absolute Gasteiger partial charge is 0.461 e. The number of amides is 1. The van der Waals surface area contributed by atoms with E-state index in [0.29, 0.717) is 13.0 Å². The van der Waals surface area contributed by atoms with Gasteiger partial charge in [-0.1, -0.05) is 75.3 Å². The molecule has 0 aliphatic heterocycles. The molecule has 24 heavy (non-hydrogen) atoms. The van der Waals surface area contributed by atoms with Gasteiger partial charge >= 0.3 is 5.97 Å². The molecule has 0 unspecified atom stereocenters. The molecule has 1 amide bonds. The smallest absolute Gasteiger partial charge is 0.306 e. The predicted octanol–water partition coefficient (Wildman–Crippen LogP) is 4.38. The molecule has 4 nitrogen and oxygen atoms in total. The summed E-state index contributed by atoms with van der Waals surface area (Å²) >= 11 is 0. The third-order valence-electron chi connectivity index (χ3n) is 4.03. The summed E-state index contributed by atoms with van der Waals surface area (Å²) in [5.74, 6) is -0.0946. The zero-order valence-electron chi connectivity index (χ0n) is 14.7. The van der Waals surface area contributed by atoms with Crippen LogP contribution in [0.15, 0.2) is 30.3 Å². The Kier molecular flexibility index (Phi) is 12.4. The maximum Gasteiger partial charge on any atom is 0.306 e. The van der Waals surface area contributed by atoms with Gasteiger partial charge in [-0.15, -0.1) is 0 Å². The molecular formula is C20H31NO3. The Morgan fingerprint density at radius 3 is 2.08 bits per heavy atom. The fraction of sp³-hybridized carbons (Fsp3) is 0.600. The van der Waals surface area contributed by atoms with E-state index in [4.69, 9.17) is 4.74 Å². The van der Waals surface area contributed by atoms with Gasteiger partial charge in [0.25, 0.3) is 0 Å². The molecule has 0 aliphatic rings. The van der Waals surface area contributed by atoms with E-state index < -0.39 is 0 Å². The van der Waals surface area contributed by atoms with Crippen LogP contribution in [0.3, 0.4) is 0 Å². The standard InChI is InChI=1S/C20H31NO3/c22-18-21-16-12-7-5-3-1-2-4-6-11-15-20(23)24-17-19-13-9-8-10-14-19/h8-10,13-14,18H,1-7,11-12,15-17H2,(H,21,22). The number of carbonyl (C=O) groups is 2. The van der Waals surface area contributed by atoms with E-state index in [1.54, 1.807) is 0 Å². The van der Waals surface area contributed by atoms with Crippen molar-refractivity contribution in [3.05, 3.63) is 35.9 Å². The summed E-state index contributed by atoms with van der Waals surface area (Å²) in [5.41, 5.74) is 1.03. The van der Waals surface area contributed by atoms with Gasteiger partial charge in [-0.3, -0.25) is 9.59 Å². The molecule has 0 aromatic heterocycles. The SMILES string of the molecule is O=CNCCCCCCCCCCCC(=O)OCc1ccccc1. The number of benzene rings is 1. The maximum atomic E-state index is 11.6. The highest BCUT2D eigenvalue weighted by atomic mass is 16.5. The first-order valence-electron chi connectivity index (χ1n) is 9.19. The van der Waals surface area contributed by atoms with Crippen molar-refractivity contribution in [1.82, 2.24) is 5.32 Å². The minimum absolute atomic E-state index is 0.0946. The van der Waals surface area contributed by atoms with Crippen LogP contribution in [0.5, 0.6) is 0 Å². The number of carbonyl (C=O) groups excluding carboxylic acids is 2. The van der Waals surface area contributed by atoms with E-state index >= 15 is 0 Å². The van der Waals surface area contributed by atoms with Crippen molar-refractivity contribution < 1.29 is 14.3 Å². The van der Waals surface area contributed by atoms with Crippen LogP contribution < -0.4 is 5.32 Å². The lowest BCUT2D eigenvalue weighted by Crippen LogP contribution is -2.11. The van der Waals surface area contributed by atoms with Crippen molar-refractivity contribution >= 4 is 12.4 Å². The van der Waals surface area contributed by atoms with E-state index in [-0.39, 0.29) is 5.97 Å². The molecule has 1 rings (SSSR count). The summed E-state index contributed by atoms with van der Waals surface area (Å²) in [6.45, 7) is 1.17. The van der Waals surface area contributed by atoms with E-state index in [9.17, 15) is 9.59 Å². The van der Waals surface area contributed by atoms with Crippen LogP contribution in [0.4, 0.5) is 0 Å². The molecule has 1 aromatic carbocycles. The van der Waals surface area contributed by atoms with Crippen LogP contribution in [-0.2, 0) is 20.9 Å². The Morgan fingerprint density at radius 1 is 0.875 bits per heavy atom. The molecule has 0 saturated heterocycles. The number of hydrogen-bond donors (Lipinski definition) is 1. The summed E-state index contributed by atoms with van der Waals surface area (Å²) < 4.78 is 5.26. The summed E-state index contributed by atoms with van der Waals surface area (Å²) in [5, 5.41) is 2.68. The number of esters is 1. The van der Waals surface area contributed by atoms with Gasteiger partial charge in [-0.05, 0) is 18.4 Å². The Balaban J connectivity index is 1.83. The Hall–Kier alpha value is -1.84. The first-order valence-corrected chi connectivity index (χ1v) is 9.19. The number of rotatable bonds is 15. The first-order chi connectivity index (χ1) is 11.8. The monoisotopic (exact) mass is 333 g/mol. The van der Waals surface area contributed by atoms with Gasteiger partial charge in [-0.25, -0.2) is 0 Å². The van der Waals surface area contributed by atoms with Crippen LogP contribution >= 0.6 is 0 Å². The second kappa shape index (κ2) is 14.7. The summed E-state index contributed by atoms with van der Waals surface area (Å²) in [7, 11) is 0. The summed E-state index contributed by atoms with van der Waals surface area (Å²) in [6.07, 6.45) is 11.8. The fourth-order valence-corrected chi connectivity index (χ4v) is 2.60. The lowest BCUT2D eigenvalue weighted by Gasteiger charge is -2.05. The lowest BCUT2D eigenvalue weighted by atomic mass is 10.1. The van der Waals surface area contributed by atoms with Crippen molar-refractivity contribution in [3.8, 4) is 0 Å². The molecule has 0 saturated carbocycles.